The van der Waals surface area contributed by atoms with Crippen LogP contribution in [0.4, 0.5) is 0 Å². The maximum Gasteiger partial charge on any atom is 0.334 e. The summed E-state index contributed by atoms with van der Waals surface area (Å²) in [7, 11) is 1.46. The first-order valence-electron chi connectivity index (χ1n) is 10.2. The van der Waals surface area contributed by atoms with Gasteiger partial charge in [0.15, 0.2) is 5.54 Å². The van der Waals surface area contributed by atoms with Gasteiger partial charge in [-0.25, -0.2) is 4.79 Å². The van der Waals surface area contributed by atoms with Crippen LogP contribution in [0.25, 0.3) is 0 Å². The number of carbonyl (C=O) groups is 1. The van der Waals surface area contributed by atoms with Gasteiger partial charge in [-0.2, -0.15) is 5.10 Å². The average molecular weight is 375 g/mol. The number of allylic oxidation sites excluding steroid dienone is 4. The number of ether oxygens (including phenoxy) is 1. The summed E-state index contributed by atoms with van der Waals surface area (Å²) in [6.45, 7) is 6.40. The number of hydrogen-bond acceptors (Lipinski definition) is 5. The molecule has 0 aromatic heterocycles. The van der Waals surface area contributed by atoms with Crippen LogP contribution in [0.3, 0.4) is 0 Å². The molecule has 2 bridgehead atoms. The standard InChI is InChI=1S/C22H34N2O3/c1-16-7-5-8-17(2)10-11-18-15-19(25)21(3,12-6-9-16)24-22(18,13-14-23-24)20(26)27-4/h8-9,14,18-19,25H,5-7,10-13,15H2,1-4H3/b16-9+,17-8?/t18-,19+,21-,22-/m0/s1. The molecule has 1 fully saturated rings. The van der Waals surface area contributed by atoms with Crippen molar-refractivity contribution < 1.29 is 14.6 Å². The molecule has 0 saturated carbocycles. The Morgan fingerprint density at radius 1 is 1.26 bits per heavy atom. The van der Waals surface area contributed by atoms with Gasteiger partial charge in [0.05, 0.1) is 18.8 Å². The Hall–Kier alpha value is -1.62. The van der Waals surface area contributed by atoms with Gasteiger partial charge in [0, 0.05) is 12.6 Å². The Balaban J connectivity index is 2.03. The van der Waals surface area contributed by atoms with E-state index in [0.29, 0.717) is 12.8 Å². The third kappa shape index (κ3) is 3.46. The van der Waals surface area contributed by atoms with Gasteiger partial charge in [0.1, 0.15) is 0 Å². The van der Waals surface area contributed by atoms with E-state index in [1.165, 1.54) is 18.3 Å². The molecule has 27 heavy (non-hydrogen) atoms. The van der Waals surface area contributed by atoms with Crippen LogP contribution in [0.2, 0.25) is 0 Å². The Kier molecular flexibility index (Phi) is 5.80. The highest BCUT2D eigenvalue weighted by Crippen LogP contribution is 2.50. The molecule has 0 aromatic carbocycles. The van der Waals surface area contributed by atoms with Crippen molar-refractivity contribution in [2.45, 2.75) is 89.3 Å². The number of hydrogen-bond donors (Lipinski definition) is 1. The van der Waals surface area contributed by atoms with Crippen molar-refractivity contribution in [1.29, 1.82) is 0 Å². The van der Waals surface area contributed by atoms with E-state index >= 15 is 0 Å². The van der Waals surface area contributed by atoms with Crippen molar-refractivity contribution in [3.63, 3.8) is 0 Å². The molecule has 3 aliphatic rings. The zero-order valence-corrected chi connectivity index (χ0v) is 17.2. The molecule has 1 saturated heterocycles. The van der Waals surface area contributed by atoms with Crippen molar-refractivity contribution in [3.8, 4) is 0 Å². The minimum Gasteiger partial charge on any atom is -0.467 e. The predicted molar refractivity (Wildman–Crippen MR) is 107 cm³/mol. The zero-order valence-electron chi connectivity index (χ0n) is 17.2. The molecule has 150 valence electrons. The monoisotopic (exact) mass is 374 g/mol. The summed E-state index contributed by atoms with van der Waals surface area (Å²) in [4.78, 5) is 13.0. The fourth-order valence-corrected chi connectivity index (χ4v) is 5.14. The Morgan fingerprint density at radius 3 is 2.70 bits per heavy atom. The Labute approximate surface area is 163 Å². The lowest BCUT2D eigenvalue weighted by Crippen LogP contribution is -2.70. The molecule has 3 heterocycles. The van der Waals surface area contributed by atoms with Gasteiger partial charge in [-0.15, -0.1) is 0 Å². The van der Waals surface area contributed by atoms with Crippen LogP contribution in [0.15, 0.2) is 28.4 Å². The van der Waals surface area contributed by atoms with Crippen molar-refractivity contribution in [3.05, 3.63) is 23.3 Å². The van der Waals surface area contributed by atoms with Crippen LogP contribution in [0.5, 0.6) is 0 Å². The van der Waals surface area contributed by atoms with Gasteiger partial charge in [-0.3, -0.25) is 5.01 Å². The summed E-state index contributed by atoms with van der Waals surface area (Å²) >= 11 is 0. The lowest BCUT2D eigenvalue weighted by molar-refractivity contribution is -0.187. The van der Waals surface area contributed by atoms with Gasteiger partial charge in [0.25, 0.3) is 0 Å². The van der Waals surface area contributed by atoms with Gasteiger partial charge < -0.3 is 9.84 Å². The Bertz CT molecular complexity index is 668. The van der Waals surface area contributed by atoms with Crippen LogP contribution in [-0.4, -0.2) is 46.6 Å². The molecule has 0 aliphatic carbocycles. The second-order valence-electron chi connectivity index (χ2n) is 8.75. The maximum atomic E-state index is 13.0. The number of aliphatic hydroxyl groups is 1. The molecule has 5 heteroatoms. The molecule has 0 aromatic rings. The number of esters is 1. The summed E-state index contributed by atoms with van der Waals surface area (Å²) in [5.74, 6) is -0.192. The first-order chi connectivity index (χ1) is 12.8. The van der Waals surface area contributed by atoms with E-state index in [2.05, 4.69) is 38.0 Å². The summed E-state index contributed by atoms with van der Waals surface area (Å²) in [5, 5.41) is 17.7. The van der Waals surface area contributed by atoms with E-state index in [1.54, 1.807) is 0 Å². The SMILES string of the molecule is COC(=O)[C@@]12CC=NN1[C@@]1(C)CC/C=C(\C)CCC=C(C)CC[C@H]2C[C@H]1O. The molecule has 3 aliphatic heterocycles. The lowest BCUT2D eigenvalue weighted by atomic mass is 9.66. The van der Waals surface area contributed by atoms with E-state index < -0.39 is 17.2 Å². The number of aliphatic hydroxyl groups excluding tert-OH is 1. The molecule has 3 rings (SSSR count). The zero-order chi connectivity index (χ0) is 19.7. The number of nitrogens with zero attached hydrogens (tertiary/aromatic N) is 2. The Morgan fingerprint density at radius 2 is 1.96 bits per heavy atom. The summed E-state index contributed by atoms with van der Waals surface area (Å²) < 4.78 is 5.27. The highest BCUT2D eigenvalue weighted by Gasteiger charge is 2.63. The van der Waals surface area contributed by atoms with Gasteiger partial charge >= 0.3 is 5.97 Å². The topological polar surface area (TPSA) is 62.1 Å². The van der Waals surface area contributed by atoms with Gasteiger partial charge in [0.2, 0.25) is 0 Å². The highest BCUT2D eigenvalue weighted by molar-refractivity contribution is 5.87. The van der Waals surface area contributed by atoms with Gasteiger partial charge in [-0.05, 0) is 71.6 Å². The number of carbonyl (C=O) groups excluding carboxylic acids is 1. The van der Waals surface area contributed by atoms with Crippen LogP contribution >= 0.6 is 0 Å². The average Bonchev–Trinajstić information content (AvgIpc) is 3.09. The van der Waals surface area contributed by atoms with E-state index in [-0.39, 0.29) is 11.9 Å². The molecule has 0 amide bonds. The van der Waals surface area contributed by atoms with Crippen LogP contribution in [0.1, 0.15) is 72.1 Å². The van der Waals surface area contributed by atoms with E-state index in [9.17, 15) is 9.90 Å². The number of rotatable bonds is 1. The molecule has 5 nitrogen and oxygen atoms in total. The quantitative estimate of drug-likeness (QED) is 0.557. The fraction of sp³-hybridized carbons (Fsp3) is 0.727. The predicted octanol–water partition coefficient (Wildman–Crippen LogP) is 3.98. The highest BCUT2D eigenvalue weighted by atomic mass is 16.5. The van der Waals surface area contributed by atoms with Crippen molar-refractivity contribution >= 4 is 12.2 Å². The van der Waals surface area contributed by atoms with Crippen molar-refractivity contribution in [1.82, 2.24) is 5.01 Å². The molecular formula is C22H34N2O3. The first kappa shape index (κ1) is 20.1. The van der Waals surface area contributed by atoms with E-state index in [0.717, 1.165) is 38.5 Å². The number of methoxy groups -OCH3 is 1. The minimum atomic E-state index is -0.786. The molecule has 0 spiro atoms. The molecule has 0 radical (unpaired) electrons. The van der Waals surface area contributed by atoms with Crippen molar-refractivity contribution in [2.24, 2.45) is 11.0 Å². The fourth-order valence-electron chi connectivity index (χ4n) is 5.14. The summed E-state index contributed by atoms with van der Waals surface area (Å²) in [6.07, 6.45) is 12.7. The minimum absolute atomic E-state index is 0.0269. The summed E-state index contributed by atoms with van der Waals surface area (Å²) in [6, 6.07) is 0. The van der Waals surface area contributed by atoms with Crippen LogP contribution < -0.4 is 0 Å². The van der Waals surface area contributed by atoms with Gasteiger partial charge in [-0.1, -0.05) is 23.3 Å². The smallest absolute Gasteiger partial charge is 0.334 e. The number of piperidine rings is 1. The van der Waals surface area contributed by atoms with E-state index in [1.807, 2.05) is 11.2 Å². The molecule has 4 atom stereocenters. The largest absolute Gasteiger partial charge is 0.467 e. The third-order valence-corrected chi connectivity index (χ3v) is 6.96. The molecular weight excluding hydrogens is 340 g/mol. The van der Waals surface area contributed by atoms with Crippen molar-refractivity contribution in [2.75, 3.05) is 7.11 Å². The van der Waals surface area contributed by atoms with Crippen LogP contribution in [0, 0.1) is 5.92 Å². The maximum absolute atomic E-state index is 13.0. The molecule has 1 N–H and O–H groups in total. The number of hydrazone groups is 1. The first-order valence-corrected chi connectivity index (χ1v) is 10.2. The third-order valence-electron chi connectivity index (χ3n) is 6.96. The van der Waals surface area contributed by atoms with Crippen LogP contribution in [-0.2, 0) is 9.53 Å². The van der Waals surface area contributed by atoms with E-state index in [4.69, 9.17) is 4.74 Å². The second-order valence-corrected chi connectivity index (χ2v) is 8.75. The lowest BCUT2D eigenvalue weighted by Gasteiger charge is -2.56. The molecule has 0 unspecified atom stereocenters. The summed E-state index contributed by atoms with van der Waals surface area (Å²) in [5.41, 5.74) is 1.38. The second kappa shape index (κ2) is 7.78. The normalized spacial score (nSPS) is 39.2.